The molecule has 0 radical (unpaired) electrons. The molecule has 0 atom stereocenters. The minimum absolute atomic E-state index is 0.0925. The van der Waals surface area contributed by atoms with Crippen LogP contribution >= 0.6 is 0 Å². The van der Waals surface area contributed by atoms with Crippen LogP contribution in [0.25, 0.3) is 0 Å². The van der Waals surface area contributed by atoms with Crippen LogP contribution in [-0.2, 0) is 9.59 Å². The summed E-state index contributed by atoms with van der Waals surface area (Å²) in [5.74, 6) is -0.277. The molecule has 0 saturated carbocycles. The average Bonchev–Trinajstić information content (AvgIpc) is 2.52. The van der Waals surface area contributed by atoms with Gasteiger partial charge < -0.3 is 10.2 Å². The number of hydrogen-bond donors (Lipinski definition) is 1. The molecule has 4 heteroatoms. The molecule has 1 aliphatic rings. The third-order valence-electron chi connectivity index (χ3n) is 2.22. The van der Waals surface area contributed by atoms with Gasteiger partial charge in [0, 0.05) is 32.3 Å². The largest absolute Gasteiger partial charge is 0.355 e. The first-order chi connectivity index (χ1) is 7.56. The summed E-state index contributed by atoms with van der Waals surface area (Å²) in [5.41, 5.74) is 1.05. The Kier molecular flexibility index (Phi) is 4.05. The van der Waals surface area contributed by atoms with Crippen molar-refractivity contribution in [2.75, 3.05) is 21.1 Å². The highest BCUT2D eigenvalue weighted by Crippen LogP contribution is 2.13. The van der Waals surface area contributed by atoms with Crippen LogP contribution in [0.5, 0.6) is 0 Å². The van der Waals surface area contributed by atoms with Gasteiger partial charge in [-0.05, 0) is 12.5 Å². The Hall–Kier alpha value is -1.84. The van der Waals surface area contributed by atoms with E-state index in [1.54, 1.807) is 33.3 Å². The first kappa shape index (κ1) is 12.2. The third-order valence-corrected chi connectivity index (χ3v) is 2.22. The van der Waals surface area contributed by atoms with Crippen LogP contribution in [-0.4, -0.2) is 37.9 Å². The van der Waals surface area contributed by atoms with Gasteiger partial charge in [0.05, 0.1) is 0 Å². The molecular weight excluding hydrogens is 204 g/mol. The molecule has 1 N–H and O–H groups in total. The first-order valence-corrected chi connectivity index (χ1v) is 5.08. The molecule has 0 spiro atoms. The van der Waals surface area contributed by atoms with E-state index in [4.69, 9.17) is 0 Å². The molecule has 1 aliphatic carbocycles. The second-order valence-electron chi connectivity index (χ2n) is 3.68. The molecule has 0 fully saturated rings. The zero-order valence-electron chi connectivity index (χ0n) is 9.78. The van der Waals surface area contributed by atoms with E-state index in [-0.39, 0.29) is 11.8 Å². The summed E-state index contributed by atoms with van der Waals surface area (Å²) >= 11 is 0. The molecule has 0 aromatic heterocycles. The summed E-state index contributed by atoms with van der Waals surface area (Å²) in [4.78, 5) is 24.7. The molecule has 0 saturated heterocycles. The van der Waals surface area contributed by atoms with Gasteiger partial charge in [-0.25, -0.2) is 0 Å². The van der Waals surface area contributed by atoms with Gasteiger partial charge in [0.25, 0.3) is 11.8 Å². The van der Waals surface area contributed by atoms with E-state index < -0.39 is 0 Å². The zero-order valence-corrected chi connectivity index (χ0v) is 9.78. The predicted molar refractivity (Wildman–Crippen MR) is 62.7 cm³/mol. The van der Waals surface area contributed by atoms with Gasteiger partial charge in [-0.3, -0.25) is 9.59 Å². The average molecular weight is 220 g/mol. The monoisotopic (exact) mass is 220 g/mol. The van der Waals surface area contributed by atoms with Gasteiger partial charge in [-0.2, -0.15) is 0 Å². The van der Waals surface area contributed by atoms with E-state index in [0.717, 1.165) is 0 Å². The summed E-state index contributed by atoms with van der Waals surface area (Å²) in [6.45, 7) is 0. The maximum Gasteiger partial charge on any atom is 0.253 e. The Bertz CT molecular complexity index is 390. The van der Waals surface area contributed by atoms with Gasteiger partial charge in [-0.1, -0.05) is 18.2 Å². The maximum absolute atomic E-state index is 11.8. The van der Waals surface area contributed by atoms with Gasteiger partial charge in [0.1, 0.15) is 0 Å². The summed E-state index contributed by atoms with van der Waals surface area (Å²) in [6.07, 6.45) is 7.67. The Morgan fingerprint density at radius 3 is 2.56 bits per heavy atom. The summed E-state index contributed by atoms with van der Waals surface area (Å²) in [7, 11) is 4.95. The van der Waals surface area contributed by atoms with Gasteiger partial charge >= 0.3 is 0 Å². The summed E-state index contributed by atoms with van der Waals surface area (Å²) in [5, 5.41) is 2.54. The highest BCUT2D eigenvalue weighted by atomic mass is 16.2. The van der Waals surface area contributed by atoms with E-state index in [9.17, 15) is 9.59 Å². The summed E-state index contributed by atoms with van der Waals surface area (Å²) < 4.78 is 0. The lowest BCUT2D eigenvalue weighted by Gasteiger charge is -2.11. The molecule has 0 heterocycles. The normalized spacial score (nSPS) is 14.7. The smallest absolute Gasteiger partial charge is 0.253 e. The van der Waals surface area contributed by atoms with E-state index in [0.29, 0.717) is 17.6 Å². The number of amides is 2. The Balaban J connectivity index is 3.00. The van der Waals surface area contributed by atoms with E-state index in [1.807, 2.05) is 12.2 Å². The van der Waals surface area contributed by atoms with Crippen molar-refractivity contribution >= 4 is 11.8 Å². The minimum atomic E-state index is -0.185. The van der Waals surface area contributed by atoms with E-state index in [1.165, 1.54) is 4.90 Å². The fraction of sp³-hybridized carbons (Fsp3) is 0.333. The molecule has 16 heavy (non-hydrogen) atoms. The molecule has 0 aromatic rings. The Morgan fingerprint density at radius 2 is 2.00 bits per heavy atom. The van der Waals surface area contributed by atoms with Gasteiger partial charge in [-0.15, -0.1) is 0 Å². The lowest BCUT2D eigenvalue weighted by Crippen LogP contribution is -2.24. The molecule has 0 unspecified atom stereocenters. The molecule has 2 amide bonds. The third kappa shape index (κ3) is 2.82. The minimum Gasteiger partial charge on any atom is -0.355 e. The fourth-order valence-electron chi connectivity index (χ4n) is 1.36. The van der Waals surface area contributed by atoms with Crippen molar-refractivity contribution in [3.63, 3.8) is 0 Å². The predicted octanol–water partition coefficient (Wildman–Crippen LogP) is 0.633. The van der Waals surface area contributed by atoms with Crippen molar-refractivity contribution in [1.29, 1.82) is 0 Å². The van der Waals surface area contributed by atoms with Gasteiger partial charge in [0.2, 0.25) is 0 Å². The van der Waals surface area contributed by atoms with Crippen LogP contribution in [0.15, 0.2) is 35.5 Å². The number of allylic oxidation sites excluding steroid dienone is 2. The number of carbonyl (C=O) groups is 2. The number of nitrogens with one attached hydrogen (secondary N) is 1. The fourth-order valence-corrected chi connectivity index (χ4v) is 1.36. The lowest BCUT2D eigenvalue weighted by atomic mass is 10.1. The maximum atomic E-state index is 11.8. The van der Waals surface area contributed by atoms with Crippen molar-refractivity contribution in [2.45, 2.75) is 6.42 Å². The second-order valence-corrected chi connectivity index (χ2v) is 3.68. The molecule has 0 aromatic carbocycles. The first-order valence-electron chi connectivity index (χ1n) is 5.08. The lowest BCUT2D eigenvalue weighted by molar-refractivity contribution is -0.124. The van der Waals surface area contributed by atoms with Crippen LogP contribution < -0.4 is 5.32 Å². The van der Waals surface area contributed by atoms with Crippen molar-refractivity contribution in [1.82, 2.24) is 10.2 Å². The van der Waals surface area contributed by atoms with Crippen LogP contribution in [0.1, 0.15) is 6.42 Å². The van der Waals surface area contributed by atoms with Crippen molar-refractivity contribution in [3.8, 4) is 0 Å². The van der Waals surface area contributed by atoms with Crippen LogP contribution in [0.3, 0.4) is 0 Å². The molecule has 86 valence electrons. The topological polar surface area (TPSA) is 49.4 Å². The molecule has 1 rings (SSSR count). The van der Waals surface area contributed by atoms with E-state index in [2.05, 4.69) is 5.32 Å². The molecule has 4 nitrogen and oxygen atoms in total. The molecular formula is C12H16N2O2. The second kappa shape index (κ2) is 5.30. The Morgan fingerprint density at radius 1 is 1.31 bits per heavy atom. The summed E-state index contributed by atoms with van der Waals surface area (Å²) in [6, 6.07) is 0. The van der Waals surface area contributed by atoms with Crippen molar-refractivity contribution < 1.29 is 9.59 Å². The molecule has 0 bridgehead atoms. The van der Waals surface area contributed by atoms with Crippen molar-refractivity contribution in [2.24, 2.45) is 0 Å². The van der Waals surface area contributed by atoms with Crippen LogP contribution in [0.4, 0.5) is 0 Å². The molecule has 0 aliphatic heterocycles. The van der Waals surface area contributed by atoms with Gasteiger partial charge in [0.15, 0.2) is 0 Å². The number of likely N-dealkylation sites (N-methyl/N-ethyl adjacent to an activating group) is 2. The van der Waals surface area contributed by atoms with Crippen LogP contribution in [0.2, 0.25) is 0 Å². The SMILES string of the molecule is CNC(=O)C1=CC(C(=O)N(C)C)=CCC=C1. The van der Waals surface area contributed by atoms with Crippen LogP contribution in [0, 0.1) is 0 Å². The highest BCUT2D eigenvalue weighted by molar-refractivity contribution is 6.02. The number of carbonyl (C=O) groups excluding carboxylic acids is 2. The number of rotatable bonds is 2. The quantitative estimate of drug-likeness (QED) is 0.742. The zero-order chi connectivity index (χ0) is 12.1. The number of nitrogens with zero attached hydrogens (tertiary/aromatic N) is 1. The Labute approximate surface area is 95.3 Å². The van der Waals surface area contributed by atoms with E-state index >= 15 is 0 Å². The number of hydrogen-bond acceptors (Lipinski definition) is 2. The standard InChI is InChI=1S/C12H16N2O2/c1-13-11(15)9-6-4-5-7-10(8-9)12(16)14(2)3/h4,6-8H,5H2,1-3H3,(H,13,15). The van der Waals surface area contributed by atoms with Crippen molar-refractivity contribution in [3.05, 3.63) is 35.5 Å². The highest BCUT2D eigenvalue weighted by Gasteiger charge is 2.13.